The van der Waals surface area contributed by atoms with E-state index in [9.17, 15) is 4.39 Å². The molecule has 0 aliphatic rings. The molecule has 1 aromatic heterocycles. The SMILES string of the molecule is COc1ccc(-n2nc(CCN)cc2-c2ccccc2F)cc1. The highest BCUT2D eigenvalue weighted by molar-refractivity contribution is 5.63. The number of aromatic nitrogens is 2. The van der Waals surface area contributed by atoms with Gasteiger partial charge in [-0.05, 0) is 49.0 Å². The zero-order chi connectivity index (χ0) is 16.2. The van der Waals surface area contributed by atoms with Crippen LogP contribution < -0.4 is 10.5 Å². The number of nitrogens with zero attached hydrogens (tertiary/aromatic N) is 2. The van der Waals surface area contributed by atoms with Crippen molar-refractivity contribution in [3.8, 4) is 22.7 Å². The molecule has 2 N–H and O–H groups in total. The lowest BCUT2D eigenvalue weighted by Gasteiger charge is -2.09. The summed E-state index contributed by atoms with van der Waals surface area (Å²) in [7, 11) is 1.62. The highest BCUT2D eigenvalue weighted by Gasteiger charge is 2.14. The molecule has 0 aliphatic heterocycles. The molecule has 23 heavy (non-hydrogen) atoms. The Morgan fingerprint density at radius 1 is 1.13 bits per heavy atom. The van der Waals surface area contributed by atoms with Gasteiger partial charge in [0.1, 0.15) is 11.6 Å². The third-order valence-corrected chi connectivity index (χ3v) is 3.63. The van der Waals surface area contributed by atoms with Gasteiger partial charge in [0, 0.05) is 12.0 Å². The average molecular weight is 311 g/mol. The second-order valence-electron chi connectivity index (χ2n) is 5.15. The first-order chi connectivity index (χ1) is 11.2. The maximum absolute atomic E-state index is 14.2. The maximum atomic E-state index is 14.2. The summed E-state index contributed by atoms with van der Waals surface area (Å²) in [5.41, 5.74) is 8.52. The van der Waals surface area contributed by atoms with E-state index in [-0.39, 0.29) is 5.82 Å². The van der Waals surface area contributed by atoms with Gasteiger partial charge in [-0.15, -0.1) is 0 Å². The van der Waals surface area contributed by atoms with Gasteiger partial charge in [0.25, 0.3) is 0 Å². The molecule has 3 rings (SSSR count). The van der Waals surface area contributed by atoms with Crippen molar-refractivity contribution >= 4 is 0 Å². The normalized spacial score (nSPS) is 10.7. The van der Waals surface area contributed by atoms with E-state index >= 15 is 0 Å². The number of hydrogen-bond acceptors (Lipinski definition) is 3. The summed E-state index contributed by atoms with van der Waals surface area (Å²) in [6, 6.07) is 16.1. The molecule has 1 heterocycles. The van der Waals surface area contributed by atoms with Crippen molar-refractivity contribution in [2.45, 2.75) is 6.42 Å². The fourth-order valence-corrected chi connectivity index (χ4v) is 2.48. The fourth-order valence-electron chi connectivity index (χ4n) is 2.48. The van der Waals surface area contributed by atoms with Crippen molar-refractivity contribution in [2.75, 3.05) is 13.7 Å². The van der Waals surface area contributed by atoms with Crippen LogP contribution in [0.25, 0.3) is 16.9 Å². The number of rotatable bonds is 5. The molecular formula is C18H18FN3O. The summed E-state index contributed by atoms with van der Waals surface area (Å²) in [6.07, 6.45) is 0.643. The second kappa shape index (κ2) is 6.62. The van der Waals surface area contributed by atoms with Crippen molar-refractivity contribution in [3.05, 3.63) is 66.1 Å². The molecule has 0 bridgehead atoms. The highest BCUT2D eigenvalue weighted by Crippen LogP contribution is 2.27. The van der Waals surface area contributed by atoms with E-state index in [1.807, 2.05) is 36.4 Å². The molecule has 5 heteroatoms. The lowest BCUT2D eigenvalue weighted by molar-refractivity contribution is 0.414. The summed E-state index contributed by atoms with van der Waals surface area (Å²) in [4.78, 5) is 0. The van der Waals surface area contributed by atoms with Crippen LogP contribution >= 0.6 is 0 Å². The minimum atomic E-state index is -0.276. The lowest BCUT2D eigenvalue weighted by Crippen LogP contribution is -2.04. The topological polar surface area (TPSA) is 53.1 Å². The van der Waals surface area contributed by atoms with E-state index in [4.69, 9.17) is 10.5 Å². The van der Waals surface area contributed by atoms with Crippen LogP contribution in [0.3, 0.4) is 0 Å². The molecule has 0 amide bonds. The van der Waals surface area contributed by atoms with Crippen molar-refractivity contribution in [1.29, 1.82) is 0 Å². The molecule has 0 spiro atoms. The minimum absolute atomic E-state index is 0.276. The quantitative estimate of drug-likeness (QED) is 0.787. The molecule has 118 valence electrons. The molecule has 2 aromatic carbocycles. The molecule has 4 nitrogen and oxygen atoms in total. The molecule has 3 aromatic rings. The van der Waals surface area contributed by atoms with Crippen molar-refractivity contribution in [2.24, 2.45) is 5.73 Å². The van der Waals surface area contributed by atoms with Gasteiger partial charge in [-0.1, -0.05) is 12.1 Å². The van der Waals surface area contributed by atoms with Crippen LogP contribution in [0, 0.1) is 5.82 Å². The molecule has 0 saturated heterocycles. The van der Waals surface area contributed by atoms with Gasteiger partial charge in [-0.3, -0.25) is 0 Å². The zero-order valence-corrected chi connectivity index (χ0v) is 12.9. The van der Waals surface area contributed by atoms with Crippen LogP contribution in [-0.4, -0.2) is 23.4 Å². The fraction of sp³-hybridized carbons (Fsp3) is 0.167. The molecule has 0 radical (unpaired) electrons. The number of ether oxygens (including phenoxy) is 1. The smallest absolute Gasteiger partial charge is 0.132 e. The Bertz CT molecular complexity index is 796. The van der Waals surface area contributed by atoms with E-state index in [1.165, 1.54) is 6.07 Å². The van der Waals surface area contributed by atoms with E-state index in [0.29, 0.717) is 24.2 Å². The molecule has 0 aliphatic carbocycles. The van der Waals surface area contributed by atoms with Crippen LogP contribution in [0.1, 0.15) is 5.69 Å². The predicted molar refractivity (Wildman–Crippen MR) is 88.3 cm³/mol. The predicted octanol–water partition coefficient (Wildman–Crippen LogP) is 3.19. The Balaban J connectivity index is 2.12. The van der Waals surface area contributed by atoms with E-state index < -0.39 is 0 Å². The van der Waals surface area contributed by atoms with E-state index in [1.54, 1.807) is 23.9 Å². The Kier molecular flexibility index (Phi) is 4.39. The molecule has 0 saturated carbocycles. The second-order valence-corrected chi connectivity index (χ2v) is 5.15. The Morgan fingerprint density at radius 3 is 2.52 bits per heavy atom. The lowest BCUT2D eigenvalue weighted by atomic mass is 10.1. The van der Waals surface area contributed by atoms with E-state index in [0.717, 1.165) is 17.1 Å². The molecule has 0 atom stereocenters. The highest BCUT2D eigenvalue weighted by atomic mass is 19.1. The largest absolute Gasteiger partial charge is 0.497 e. The summed E-state index contributed by atoms with van der Waals surface area (Å²) >= 11 is 0. The number of nitrogens with two attached hydrogens (primary N) is 1. The van der Waals surface area contributed by atoms with Gasteiger partial charge in [0.2, 0.25) is 0 Å². The first-order valence-corrected chi connectivity index (χ1v) is 7.41. The van der Waals surface area contributed by atoms with Crippen LogP contribution in [-0.2, 0) is 6.42 Å². The van der Waals surface area contributed by atoms with Crippen LogP contribution in [0.5, 0.6) is 5.75 Å². The maximum Gasteiger partial charge on any atom is 0.132 e. The zero-order valence-electron chi connectivity index (χ0n) is 12.9. The Morgan fingerprint density at radius 2 is 1.87 bits per heavy atom. The molecule has 0 unspecified atom stereocenters. The number of hydrogen-bond donors (Lipinski definition) is 1. The Hall–Kier alpha value is -2.66. The van der Waals surface area contributed by atoms with Crippen molar-refractivity contribution < 1.29 is 9.13 Å². The standard InChI is InChI=1S/C18H18FN3O/c1-23-15-8-6-14(7-9-15)22-18(12-13(21-22)10-11-20)16-4-2-3-5-17(16)19/h2-9,12H,10-11,20H2,1H3. The van der Waals surface area contributed by atoms with Crippen molar-refractivity contribution in [3.63, 3.8) is 0 Å². The monoisotopic (exact) mass is 311 g/mol. The van der Waals surface area contributed by atoms with Gasteiger partial charge in [0.15, 0.2) is 0 Å². The third-order valence-electron chi connectivity index (χ3n) is 3.63. The van der Waals surface area contributed by atoms with Gasteiger partial charge in [-0.25, -0.2) is 9.07 Å². The van der Waals surface area contributed by atoms with Crippen molar-refractivity contribution in [1.82, 2.24) is 9.78 Å². The van der Waals surface area contributed by atoms with Gasteiger partial charge >= 0.3 is 0 Å². The summed E-state index contributed by atoms with van der Waals surface area (Å²) in [5, 5.41) is 4.57. The van der Waals surface area contributed by atoms with Gasteiger partial charge in [-0.2, -0.15) is 5.10 Å². The first kappa shape index (κ1) is 15.2. The van der Waals surface area contributed by atoms with Crippen LogP contribution in [0.4, 0.5) is 4.39 Å². The summed E-state index contributed by atoms with van der Waals surface area (Å²) in [6.45, 7) is 0.496. The van der Waals surface area contributed by atoms with Crippen LogP contribution in [0.15, 0.2) is 54.6 Å². The number of halogens is 1. The molecule has 0 fully saturated rings. The van der Waals surface area contributed by atoms with E-state index in [2.05, 4.69) is 5.10 Å². The van der Waals surface area contributed by atoms with Crippen LogP contribution in [0.2, 0.25) is 0 Å². The van der Waals surface area contributed by atoms with Gasteiger partial charge < -0.3 is 10.5 Å². The summed E-state index contributed by atoms with van der Waals surface area (Å²) < 4.78 is 21.1. The third kappa shape index (κ3) is 3.10. The Labute approximate surface area is 134 Å². The number of methoxy groups -OCH3 is 1. The summed E-state index contributed by atoms with van der Waals surface area (Å²) in [5.74, 6) is 0.483. The minimum Gasteiger partial charge on any atom is -0.497 e. The average Bonchev–Trinajstić information content (AvgIpc) is 2.99. The number of benzene rings is 2. The van der Waals surface area contributed by atoms with Gasteiger partial charge in [0.05, 0.1) is 24.2 Å². The molecular weight excluding hydrogens is 293 g/mol. The first-order valence-electron chi connectivity index (χ1n) is 7.41.